The predicted octanol–water partition coefficient (Wildman–Crippen LogP) is 1.17. The summed E-state index contributed by atoms with van der Waals surface area (Å²) < 4.78 is 13.0. The van der Waals surface area contributed by atoms with Crippen LogP contribution in [0, 0.1) is 18.3 Å². The molecule has 1 aliphatic heterocycles. The molecule has 0 bridgehead atoms. The van der Waals surface area contributed by atoms with Crippen LogP contribution in [0.3, 0.4) is 0 Å². The van der Waals surface area contributed by atoms with Gasteiger partial charge in [0, 0.05) is 5.69 Å². The zero-order valence-electron chi connectivity index (χ0n) is 14.0. The van der Waals surface area contributed by atoms with Gasteiger partial charge in [0.05, 0.1) is 23.4 Å². The van der Waals surface area contributed by atoms with Gasteiger partial charge in [0.25, 0.3) is 0 Å². The lowest BCUT2D eigenvalue weighted by atomic mass is 9.84. The van der Waals surface area contributed by atoms with Crippen molar-refractivity contribution in [3.8, 4) is 11.9 Å². The molecular weight excluding hydrogens is 307 g/mol. The van der Waals surface area contributed by atoms with Crippen LogP contribution in [0.2, 0.25) is 0 Å². The zero-order valence-corrected chi connectivity index (χ0v) is 14.0. The van der Waals surface area contributed by atoms with Crippen molar-refractivity contribution in [2.75, 3.05) is 0 Å². The maximum absolute atomic E-state index is 12.0. The van der Waals surface area contributed by atoms with E-state index in [4.69, 9.17) is 14.6 Å². The van der Waals surface area contributed by atoms with Crippen molar-refractivity contribution >= 4 is 18.5 Å². The number of aryl methyl sites for hydroxylation is 1. The Morgan fingerprint density at radius 1 is 1.33 bits per heavy atom. The fourth-order valence-corrected chi connectivity index (χ4v) is 2.56. The van der Waals surface area contributed by atoms with E-state index in [0.29, 0.717) is 22.7 Å². The minimum atomic E-state index is -0.582. The highest BCUT2D eigenvalue weighted by Gasteiger charge is 2.37. The normalized spacial score (nSPS) is 20.2. The van der Waals surface area contributed by atoms with Crippen LogP contribution in [0.1, 0.15) is 42.5 Å². The SMILES string of the molecule is CC(=O)c1ccc(B2OC(C)C(C)O2)nc1-n1nc(C#N)cc1C. The smallest absolute Gasteiger partial charge is 0.401 e. The summed E-state index contributed by atoms with van der Waals surface area (Å²) in [7, 11) is -0.582. The first-order chi connectivity index (χ1) is 11.4. The maximum Gasteiger partial charge on any atom is 0.514 e. The molecule has 3 heterocycles. The monoisotopic (exact) mass is 324 g/mol. The Bertz CT molecular complexity index is 832. The number of carbonyl (C=O) groups excluding carboxylic acids is 1. The molecule has 8 heteroatoms. The van der Waals surface area contributed by atoms with E-state index in [1.165, 1.54) is 11.6 Å². The van der Waals surface area contributed by atoms with Gasteiger partial charge in [-0.15, -0.1) is 0 Å². The number of aromatic nitrogens is 3. The van der Waals surface area contributed by atoms with E-state index in [-0.39, 0.29) is 23.7 Å². The van der Waals surface area contributed by atoms with Crippen LogP contribution in [0.4, 0.5) is 0 Å². The molecule has 24 heavy (non-hydrogen) atoms. The fourth-order valence-electron chi connectivity index (χ4n) is 2.56. The quantitative estimate of drug-likeness (QED) is 0.622. The average Bonchev–Trinajstić information content (AvgIpc) is 3.09. The summed E-state index contributed by atoms with van der Waals surface area (Å²) in [5.41, 5.74) is 1.98. The van der Waals surface area contributed by atoms with Gasteiger partial charge >= 0.3 is 7.12 Å². The molecule has 2 aromatic heterocycles. The van der Waals surface area contributed by atoms with Crippen molar-refractivity contribution < 1.29 is 14.1 Å². The number of hydrogen-bond donors (Lipinski definition) is 0. The van der Waals surface area contributed by atoms with Crippen LogP contribution in [0.15, 0.2) is 18.2 Å². The molecule has 122 valence electrons. The fraction of sp³-hybridized carbons (Fsp3) is 0.375. The van der Waals surface area contributed by atoms with Gasteiger partial charge in [-0.25, -0.2) is 9.67 Å². The molecule has 2 unspecified atom stereocenters. The second-order valence-corrected chi connectivity index (χ2v) is 5.87. The average molecular weight is 324 g/mol. The Balaban J connectivity index is 2.09. The molecular formula is C16H17BN4O3. The maximum atomic E-state index is 12.0. The molecule has 0 amide bonds. The molecule has 1 saturated heterocycles. The topological polar surface area (TPSA) is 90.0 Å². The summed E-state index contributed by atoms with van der Waals surface area (Å²) in [6.45, 7) is 7.15. The lowest BCUT2D eigenvalue weighted by molar-refractivity contribution is 0.101. The summed E-state index contributed by atoms with van der Waals surface area (Å²) in [5, 5.41) is 13.2. The van der Waals surface area contributed by atoms with Crippen LogP contribution < -0.4 is 5.59 Å². The van der Waals surface area contributed by atoms with Crippen molar-refractivity contribution in [2.45, 2.75) is 39.9 Å². The second kappa shape index (κ2) is 6.19. The molecule has 1 fully saturated rings. The summed E-state index contributed by atoms with van der Waals surface area (Å²) in [6.07, 6.45) is -0.0753. The van der Waals surface area contributed by atoms with Crippen LogP contribution in [0.5, 0.6) is 0 Å². The zero-order chi connectivity index (χ0) is 17.4. The third-order valence-electron chi connectivity index (χ3n) is 4.06. The molecule has 0 radical (unpaired) electrons. The van der Waals surface area contributed by atoms with E-state index in [9.17, 15) is 4.79 Å². The first kappa shape index (κ1) is 16.4. The number of hydrogen-bond acceptors (Lipinski definition) is 6. The molecule has 2 atom stereocenters. The van der Waals surface area contributed by atoms with Crippen LogP contribution >= 0.6 is 0 Å². The van der Waals surface area contributed by atoms with Gasteiger partial charge in [-0.1, -0.05) is 0 Å². The molecule has 0 spiro atoms. The van der Waals surface area contributed by atoms with E-state index in [1.807, 2.05) is 19.9 Å². The lowest BCUT2D eigenvalue weighted by Gasteiger charge is -2.11. The summed E-state index contributed by atoms with van der Waals surface area (Å²) >= 11 is 0. The van der Waals surface area contributed by atoms with Gasteiger partial charge in [-0.05, 0) is 45.9 Å². The number of nitriles is 1. The Hall–Kier alpha value is -2.50. The first-order valence-corrected chi connectivity index (χ1v) is 7.70. The Morgan fingerprint density at radius 2 is 2.00 bits per heavy atom. The van der Waals surface area contributed by atoms with Crippen molar-refractivity contribution in [1.29, 1.82) is 5.26 Å². The van der Waals surface area contributed by atoms with Gasteiger partial charge < -0.3 is 9.31 Å². The van der Waals surface area contributed by atoms with Crippen molar-refractivity contribution in [3.63, 3.8) is 0 Å². The summed E-state index contributed by atoms with van der Waals surface area (Å²) in [4.78, 5) is 16.5. The molecule has 0 N–H and O–H groups in total. The van der Waals surface area contributed by atoms with Gasteiger partial charge in [0.1, 0.15) is 6.07 Å². The third kappa shape index (κ3) is 2.84. The van der Waals surface area contributed by atoms with Crippen molar-refractivity contribution in [1.82, 2.24) is 14.8 Å². The third-order valence-corrected chi connectivity index (χ3v) is 4.06. The Labute approximate surface area is 140 Å². The minimum absolute atomic E-state index is 0.0376. The minimum Gasteiger partial charge on any atom is -0.401 e. The van der Waals surface area contributed by atoms with Gasteiger partial charge in [-0.3, -0.25) is 4.79 Å². The number of rotatable bonds is 3. The Morgan fingerprint density at radius 3 is 2.54 bits per heavy atom. The molecule has 2 aromatic rings. The molecule has 0 saturated carbocycles. The number of nitrogens with zero attached hydrogens (tertiary/aromatic N) is 4. The summed E-state index contributed by atoms with van der Waals surface area (Å²) in [5.74, 6) is 0.242. The largest absolute Gasteiger partial charge is 0.514 e. The highest BCUT2D eigenvalue weighted by molar-refractivity contribution is 6.60. The Kier molecular flexibility index (Phi) is 4.22. The highest BCUT2D eigenvalue weighted by atomic mass is 16.7. The van der Waals surface area contributed by atoms with Crippen LogP contribution in [-0.2, 0) is 9.31 Å². The van der Waals surface area contributed by atoms with E-state index in [2.05, 4.69) is 10.1 Å². The standard InChI is InChI=1S/C16H17BN4O3/c1-9-7-13(8-18)20-21(9)16-14(10(2)22)5-6-15(19-16)17-23-11(3)12(4)24-17/h5-7,11-12H,1-4H3. The highest BCUT2D eigenvalue weighted by Crippen LogP contribution is 2.18. The van der Waals surface area contributed by atoms with Gasteiger partial charge in [0.15, 0.2) is 17.3 Å². The molecule has 0 aliphatic carbocycles. The molecule has 0 aromatic carbocycles. The number of carbonyl (C=O) groups is 1. The summed E-state index contributed by atoms with van der Waals surface area (Å²) in [6, 6.07) is 7.05. The first-order valence-electron chi connectivity index (χ1n) is 7.70. The van der Waals surface area contributed by atoms with Crippen molar-refractivity contribution in [2.24, 2.45) is 0 Å². The van der Waals surface area contributed by atoms with Crippen LogP contribution in [0.25, 0.3) is 5.82 Å². The predicted molar refractivity (Wildman–Crippen MR) is 87.3 cm³/mol. The molecule has 1 aliphatic rings. The number of ketones is 1. The van der Waals surface area contributed by atoms with E-state index in [1.54, 1.807) is 25.1 Å². The second-order valence-electron chi connectivity index (χ2n) is 5.87. The number of Topliss-reactive ketones (excluding diaryl/α,β-unsaturated/α-hetero) is 1. The van der Waals surface area contributed by atoms with E-state index in [0.717, 1.165) is 0 Å². The van der Waals surface area contributed by atoms with Crippen LogP contribution in [-0.4, -0.2) is 39.9 Å². The molecule has 3 rings (SSSR count). The van der Waals surface area contributed by atoms with E-state index >= 15 is 0 Å². The molecule has 7 nitrogen and oxygen atoms in total. The van der Waals surface area contributed by atoms with Gasteiger partial charge in [-0.2, -0.15) is 10.4 Å². The van der Waals surface area contributed by atoms with Crippen molar-refractivity contribution in [3.05, 3.63) is 35.2 Å². The lowest BCUT2D eigenvalue weighted by Crippen LogP contribution is -2.36. The number of pyridine rings is 1. The van der Waals surface area contributed by atoms with Gasteiger partial charge in [0.2, 0.25) is 0 Å². The van der Waals surface area contributed by atoms with E-state index < -0.39 is 7.12 Å².